The molecule has 0 atom stereocenters. The van der Waals surface area contributed by atoms with E-state index in [0.29, 0.717) is 33.2 Å². The van der Waals surface area contributed by atoms with Crippen LogP contribution < -0.4 is 4.74 Å². The highest BCUT2D eigenvalue weighted by Crippen LogP contribution is 2.40. The molecule has 5 rings (SSSR count). The molecule has 0 fully saturated rings. The highest BCUT2D eigenvalue weighted by molar-refractivity contribution is 7.18. The second kappa shape index (κ2) is 9.84. The van der Waals surface area contributed by atoms with Crippen molar-refractivity contribution in [3.8, 4) is 28.0 Å². The minimum absolute atomic E-state index is 0.187. The first-order valence-corrected chi connectivity index (χ1v) is 12.1. The third-order valence-electron chi connectivity index (χ3n) is 5.90. The fraction of sp³-hybridized carbons (Fsp3) is 0.107. The molecule has 0 bridgehead atoms. The Labute approximate surface area is 224 Å². The van der Waals surface area contributed by atoms with Gasteiger partial charge in [-0.1, -0.05) is 18.2 Å². The summed E-state index contributed by atoms with van der Waals surface area (Å²) in [6.07, 6.45) is -9.35. The molecule has 0 saturated carbocycles. The molecule has 0 radical (unpaired) electrons. The monoisotopic (exact) mass is 583 g/mol. The van der Waals surface area contributed by atoms with Crippen LogP contribution >= 0.6 is 11.3 Å². The van der Waals surface area contributed by atoms with Gasteiger partial charge in [-0.15, -0.1) is 11.3 Å². The Hall–Kier alpha value is -4.06. The third kappa shape index (κ3) is 5.23. The van der Waals surface area contributed by atoms with Crippen molar-refractivity contribution < 1.29 is 44.3 Å². The first-order valence-electron chi connectivity index (χ1n) is 11.3. The van der Waals surface area contributed by atoms with Crippen LogP contribution in [0.15, 0.2) is 66.7 Å². The van der Waals surface area contributed by atoms with Gasteiger partial charge < -0.3 is 4.74 Å². The van der Waals surface area contributed by atoms with E-state index in [4.69, 9.17) is 0 Å². The molecule has 12 heteroatoms. The van der Waals surface area contributed by atoms with E-state index in [1.54, 1.807) is 19.1 Å². The van der Waals surface area contributed by atoms with Gasteiger partial charge in [-0.2, -0.15) is 22.0 Å². The minimum atomic E-state index is -5.31. The molecule has 206 valence electrons. The van der Waals surface area contributed by atoms with Crippen molar-refractivity contribution >= 4 is 21.6 Å². The zero-order chi connectivity index (χ0) is 29.0. The minimum Gasteiger partial charge on any atom is -0.427 e. The van der Waals surface area contributed by atoms with Gasteiger partial charge in [0.25, 0.3) is 0 Å². The number of nitrogens with zero attached hydrogens (tertiary/aromatic N) is 1. The molecular formula is C28H14F9NOS. The molecule has 0 unspecified atom stereocenters. The number of fused-ring (bicyclic) bond motifs is 1. The molecule has 0 saturated heterocycles. The summed E-state index contributed by atoms with van der Waals surface area (Å²) in [5.41, 5.74) is -1.64. The van der Waals surface area contributed by atoms with Gasteiger partial charge in [-0.3, -0.25) is 0 Å². The fourth-order valence-corrected chi connectivity index (χ4v) is 4.97. The predicted octanol–water partition coefficient (Wildman–Crippen LogP) is 9.64. The zero-order valence-electron chi connectivity index (χ0n) is 20.0. The molecule has 0 spiro atoms. The quantitative estimate of drug-likeness (QED) is 0.192. The van der Waals surface area contributed by atoms with Gasteiger partial charge >= 0.3 is 12.3 Å². The molecule has 40 heavy (non-hydrogen) atoms. The van der Waals surface area contributed by atoms with E-state index in [-0.39, 0.29) is 23.2 Å². The number of aryl methyl sites for hydroxylation is 1. The van der Waals surface area contributed by atoms with Gasteiger partial charge in [0.1, 0.15) is 34.6 Å². The van der Waals surface area contributed by atoms with Crippen LogP contribution in [0.3, 0.4) is 0 Å². The van der Waals surface area contributed by atoms with E-state index in [2.05, 4.69) is 9.72 Å². The molecule has 5 aromatic rings. The first kappa shape index (κ1) is 27.5. The second-order valence-electron chi connectivity index (χ2n) is 8.76. The fourth-order valence-electron chi connectivity index (χ4n) is 4.06. The molecule has 0 aliphatic carbocycles. The Morgan fingerprint density at radius 3 is 1.93 bits per heavy atom. The molecule has 4 aromatic carbocycles. The summed E-state index contributed by atoms with van der Waals surface area (Å²) in [4.78, 5) is 3.87. The van der Waals surface area contributed by atoms with Crippen molar-refractivity contribution in [3.63, 3.8) is 0 Å². The van der Waals surface area contributed by atoms with Crippen LogP contribution in [0.25, 0.3) is 32.5 Å². The van der Waals surface area contributed by atoms with Gasteiger partial charge in [0.2, 0.25) is 5.01 Å². The van der Waals surface area contributed by atoms with Crippen molar-refractivity contribution in [1.29, 1.82) is 0 Å². The number of halogens is 9. The van der Waals surface area contributed by atoms with Crippen molar-refractivity contribution in [2.45, 2.75) is 19.2 Å². The Bertz CT molecular complexity index is 1740. The Balaban J connectivity index is 1.41. The van der Waals surface area contributed by atoms with E-state index >= 15 is 0 Å². The number of hydrogen-bond donors (Lipinski definition) is 0. The molecular weight excluding hydrogens is 569 g/mol. The lowest BCUT2D eigenvalue weighted by Crippen LogP contribution is -2.21. The lowest BCUT2D eigenvalue weighted by molar-refractivity contribution is -0.185. The lowest BCUT2D eigenvalue weighted by Gasteiger charge is -2.16. The second-order valence-corrected chi connectivity index (χ2v) is 9.79. The summed E-state index contributed by atoms with van der Waals surface area (Å²) in [5, 5.41) is -0.777. The summed E-state index contributed by atoms with van der Waals surface area (Å²) in [7, 11) is 0. The van der Waals surface area contributed by atoms with Crippen LogP contribution in [0.5, 0.6) is 5.75 Å². The number of hydrogen-bond acceptors (Lipinski definition) is 3. The maximum absolute atomic E-state index is 15.0. The number of rotatable bonds is 5. The van der Waals surface area contributed by atoms with E-state index in [0.717, 1.165) is 12.1 Å². The predicted molar refractivity (Wildman–Crippen MR) is 131 cm³/mol. The standard InChI is InChI=1S/C28H14F9NOS/c1-13-2-5-17(19(29)8-13)14-3-7-23-24(11-14)40-26(38-23)28(36,37)39-16-4-6-18(20(30)12-16)15-9-21(31)25(22(32)10-15)27(33,34)35/h2-12H,1H3. The number of benzene rings is 4. The third-order valence-corrected chi connectivity index (χ3v) is 6.97. The number of thiazole rings is 1. The van der Waals surface area contributed by atoms with Gasteiger partial charge in [0.15, 0.2) is 0 Å². The summed E-state index contributed by atoms with van der Waals surface area (Å²) in [6, 6.07) is 11.9. The van der Waals surface area contributed by atoms with Crippen LogP contribution in [0, 0.1) is 30.2 Å². The Kier molecular flexibility index (Phi) is 6.77. The van der Waals surface area contributed by atoms with Gasteiger partial charge in [-0.25, -0.2) is 22.5 Å². The number of alkyl halides is 5. The van der Waals surface area contributed by atoms with Gasteiger partial charge in [-0.05, 0) is 66.1 Å². The van der Waals surface area contributed by atoms with E-state index in [1.807, 2.05) is 0 Å². The van der Waals surface area contributed by atoms with Crippen molar-refractivity contribution in [1.82, 2.24) is 4.98 Å². The summed E-state index contributed by atoms with van der Waals surface area (Å²) in [6.45, 7) is 1.72. The number of aromatic nitrogens is 1. The summed E-state index contributed by atoms with van der Waals surface area (Å²) >= 11 is 0.574. The Morgan fingerprint density at radius 2 is 1.30 bits per heavy atom. The Morgan fingerprint density at radius 1 is 0.675 bits per heavy atom. The van der Waals surface area contributed by atoms with Crippen molar-refractivity contribution in [3.05, 3.63) is 106 Å². The SMILES string of the molecule is Cc1ccc(-c2ccc3nc(C(F)(F)Oc4ccc(-c5cc(F)c(C(F)(F)F)c(F)c5)c(F)c4)sc3c2)c(F)c1. The van der Waals surface area contributed by atoms with Gasteiger partial charge in [0, 0.05) is 17.2 Å². The van der Waals surface area contributed by atoms with Crippen LogP contribution in [-0.4, -0.2) is 4.98 Å². The topological polar surface area (TPSA) is 22.1 Å². The highest BCUT2D eigenvalue weighted by atomic mass is 32.1. The average molecular weight is 583 g/mol. The van der Waals surface area contributed by atoms with Crippen LogP contribution in [0.1, 0.15) is 16.1 Å². The lowest BCUT2D eigenvalue weighted by atomic mass is 10.0. The molecule has 1 heterocycles. The average Bonchev–Trinajstić information content (AvgIpc) is 3.27. The molecule has 0 aliphatic rings. The zero-order valence-corrected chi connectivity index (χ0v) is 20.8. The smallest absolute Gasteiger partial charge is 0.427 e. The maximum Gasteiger partial charge on any atom is 0.454 e. The number of ether oxygens (including phenoxy) is 1. The van der Waals surface area contributed by atoms with Crippen molar-refractivity contribution in [2.24, 2.45) is 0 Å². The highest BCUT2D eigenvalue weighted by Gasteiger charge is 2.40. The van der Waals surface area contributed by atoms with E-state index in [1.165, 1.54) is 24.3 Å². The maximum atomic E-state index is 15.0. The molecule has 0 aliphatic heterocycles. The largest absolute Gasteiger partial charge is 0.454 e. The van der Waals surface area contributed by atoms with Crippen LogP contribution in [-0.2, 0) is 12.3 Å². The normalized spacial score (nSPS) is 12.2. The van der Waals surface area contributed by atoms with Crippen LogP contribution in [0.4, 0.5) is 39.5 Å². The summed E-state index contributed by atoms with van der Waals surface area (Å²) < 4.78 is 130. The first-order chi connectivity index (χ1) is 18.7. The molecule has 0 amide bonds. The van der Waals surface area contributed by atoms with E-state index in [9.17, 15) is 39.5 Å². The van der Waals surface area contributed by atoms with E-state index < -0.39 is 63.0 Å². The van der Waals surface area contributed by atoms with Crippen LogP contribution in [0.2, 0.25) is 0 Å². The molecule has 1 aromatic heterocycles. The van der Waals surface area contributed by atoms with Gasteiger partial charge in [0.05, 0.1) is 10.2 Å². The van der Waals surface area contributed by atoms with Crippen molar-refractivity contribution in [2.75, 3.05) is 0 Å². The summed E-state index contributed by atoms with van der Waals surface area (Å²) in [5.74, 6) is -6.36. The molecule has 2 nitrogen and oxygen atoms in total. The molecule has 0 N–H and O–H groups in total.